The van der Waals surface area contributed by atoms with E-state index in [0.29, 0.717) is 17.0 Å². The molecule has 0 saturated heterocycles. The van der Waals surface area contributed by atoms with Crippen molar-refractivity contribution in [2.45, 2.75) is 13.0 Å². The number of ether oxygens (including phenoxy) is 1. The third-order valence-corrected chi connectivity index (χ3v) is 4.14. The molecule has 0 saturated carbocycles. The van der Waals surface area contributed by atoms with Gasteiger partial charge in [-0.15, -0.1) is 0 Å². The van der Waals surface area contributed by atoms with Gasteiger partial charge in [0, 0.05) is 22.7 Å². The molecule has 2 aromatic carbocycles. The number of hydrogen-bond donors (Lipinski definition) is 1. The van der Waals surface area contributed by atoms with Crippen molar-refractivity contribution >= 4 is 11.6 Å². The number of halogens is 1. The lowest BCUT2D eigenvalue weighted by Gasteiger charge is -2.09. The monoisotopic (exact) mass is 340 g/mol. The van der Waals surface area contributed by atoms with Gasteiger partial charge in [-0.1, -0.05) is 35.9 Å². The summed E-state index contributed by atoms with van der Waals surface area (Å²) in [6, 6.07) is 15.3. The Balaban J connectivity index is 1.91. The van der Waals surface area contributed by atoms with Gasteiger partial charge >= 0.3 is 0 Å². The average molecular weight is 341 g/mol. The van der Waals surface area contributed by atoms with Crippen LogP contribution in [0.2, 0.25) is 5.02 Å². The second-order valence-corrected chi connectivity index (χ2v) is 5.76. The summed E-state index contributed by atoms with van der Waals surface area (Å²) >= 11 is 6.04. The molecule has 0 aliphatic carbocycles. The minimum atomic E-state index is -0.0804. The fourth-order valence-corrected chi connectivity index (χ4v) is 2.74. The van der Waals surface area contributed by atoms with E-state index in [4.69, 9.17) is 16.3 Å². The first-order chi connectivity index (χ1) is 11.7. The van der Waals surface area contributed by atoms with Gasteiger partial charge in [0.2, 0.25) is 0 Å². The normalized spacial score (nSPS) is 10.6. The lowest BCUT2D eigenvalue weighted by atomic mass is 10.0. The Morgan fingerprint density at radius 3 is 2.71 bits per heavy atom. The first-order valence-electron chi connectivity index (χ1n) is 7.53. The Kier molecular flexibility index (Phi) is 5.08. The quantitative estimate of drug-likeness (QED) is 0.765. The lowest BCUT2D eigenvalue weighted by molar-refractivity contribution is 0.282. The van der Waals surface area contributed by atoms with Crippen molar-refractivity contribution < 1.29 is 9.84 Å². The number of benzene rings is 2. The standard InChI is InChI=1S/C19H17ClN2O2/c1-24-19-5-3-2-4-16(19)18-10-15(21-12-22-18)9-13-6-7-17(20)14(8-13)11-23/h2-8,10,12,23H,9,11H2,1H3. The van der Waals surface area contributed by atoms with Crippen molar-refractivity contribution in [2.24, 2.45) is 0 Å². The molecule has 0 aliphatic heterocycles. The van der Waals surface area contributed by atoms with Gasteiger partial charge in [0.25, 0.3) is 0 Å². The molecule has 0 bridgehead atoms. The van der Waals surface area contributed by atoms with Crippen LogP contribution in [0.1, 0.15) is 16.8 Å². The Labute approximate surface area is 145 Å². The predicted octanol–water partition coefficient (Wildman–Crippen LogP) is 3.89. The molecule has 1 aromatic heterocycles. The van der Waals surface area contributed by atoms with Gasteiger partial charge in [-0.2, -0.15) is 0 Å². The van der Waals surface area contributed by atoms with Crippen LogP contribution in [0, 0.1) is 0 Å². The third kappa shape index (κ3) is 3.55. The molecule has 1 heterocycles. The summed E-state index contributed by atoms with van der Waals surface area (Å²) < 4.78 is 5.40. The molecule has 3 aromatic rings. The summed E-state index contributed by atoms with van der Waals surface area (Å²) in [5.74, 6) is 0.774. The molecule has 122 valence electrons. The number of para-hydroxylation sites is 1. The molecule has 3 rings (SSSR count). The molecule has 0 fully saturated rings. The highest BCUT2D eigenvalue weighted by Crippen LogP contribution is 2.28. The maximum absolute atomic E-state index is 9.34. The summed E-state index contributed by atoms with van der Waals surface area (Å²) in [4.78, 5) is 8.70. The van der Waals surface area contributed by atoms with Crippen LogP contribution in [-0.4, -0.2) is 22.2 Å². The number of aliphatic hydroxyl groups excluding tert-OH is 1. The molecule has 24 heavy (non-hydrogen) atoms. The van der Waals surface area contributed by atoms with Crippen LogP contribution in [0.25, 0.3) is 11.3 Å². The molecule has 0 atom stereocenters. The van der Waals surface area contributed by atoms with Crippen molar-refractivity contribution in [3.05, 3.63) is 76.7 Å². The van der Waals surface area contributed by atoms with E-state index in [0.717, 1.165) is 28.3 Å². The van der Waals surface area contributed by atoms with E-state index in [1.807, 2.05) is 42.5 Å². The van der Waals surface area contributed by atoms with Gasteiger partial charge in [-0.05, 0) is 35.4 Å². The molecule has 0 aliphatic rings. The van der Waals surface area contributed by atoms with Crippen LogP contribution >= 0.6 is 11.6 Å². The Morgan fingerprint density at radius 1 is 1.08 bits per heavy atom. The first kappa shape index (κ1) is 16.4. The van der Waals surface area contributed by atoms with Gasteiger partial charge in [-0.25, -0.2) is 9.97 Å². The molecule has 0 radical (unpaired) electrons. The Bertz CT molecular complexity index is 852. The number of aromatic nitrogens is 2. The molecule has 5 heteroatoms. The van der Waals surface area contributed by atoms with Gasteiger partial charge in [0.1, 0.15) is 12.1 Å². The zero-order valence-corrected chi connectivity index (χ0v) is 14.0. The number of aliphatic hydroxyl groups is 1. The second kappa shape index (κ2) is 7.43. The largest absolute Gasteiger partial charge is 0.496 e. The minimum Gasteiger partial charge on any atom is -0.496 e. The van der Waals surface area contributed by atoms with E-state index in [1.165, 1.54) is 0 Å². The summed E-state index contributed by atoms with van der Waals surface area (Å²) in [6.07, 6.45) is 2.19. The highest BCUT2D eigenvalue weighted by Gasteiger charge is 2.09. The molecule has 0 spiro atoms. The fraction of sp³-hybridized carbons (Fsp3) is 0.158. The first-order valence-corrected chi connectivity index (χ1v) is 7.91. The maximum atomic E-state index is 9.34. The summed E-state index contributed by atoms with van der Waals surface area (Å²) in [7, 11) is 1.64. The second-order valence-electron chi connectivity index (χ2n) is 5.36. The van der Waals surface area contributed by atoms with E-state index >= 15 is 0 Å². The third-order valence-electron chi connectivity index (χ3n) is 3.77. The Morgan fingerprint density at radius 2 is 1.92 bits per heavy atom. The van der Waals surface area contributed by atoms with Crippen molar-refractivity contribution in [1.82, 2.24) is 9.97 Å². The lowest BCUT2D eigenvalue weighted by Crippen LogP contribution is -1.97. The van der Waals surface area contributed by atoms with Gasteiger partial charge in [-0.3, -0.25) is 0 Å². The summed E-state index contributed by atoms with van der Waals surface area (Å²) in [6.45, 7) is -0.0804. The van der Waals surface area contributed by atoms with Crippen LogP contribution in [-0.2, 0) is 13.0 Å². The zero-order chi connectivity index (χ0) is 16.9. The van der Waals surface area contributed by atoms with Gasteiger partial charge in [0.05, 0.1) is 19.4 Å². The predicted molar refractivity (Wildman–Crippen MR) is 94.2 cm³/mol. The van der Waals surface area contributed by atoms with Crippen molar-refractivity contribution in [3.8, 4) is 17.0 Å². The van der Waals surface area contributed by atoms with Crippen molar-refractivity contribution in [1.29, 1.82) is 0 Å². The fourth-order valence-electron chi connectivity index (χ4n) is 2.57. The zero-order valence-electron chi connectivity index (χ0n) is 13.2. The molecular weight excluding hydrogens is 324 g/mol. The number of rotatable bonds is 5. The van der Waals surface area contributed by atoms with Crippen LogP contribution in [0.3, 0.4) is 0 Å². The van der Waals surface area contributed by atoms with E-state index in [-0.39, 0.29) is 6.61 Å². The van der Waals surface area contributed by atoms with Gasteiger partial charge < -0.3 is 9.84 Å². The van der Waals surface area contributed by atoms with E-state index in [1.54, 1.807) is 19.5 Å². The number of hydrogen-bond acceptors (Lipinski definition) is 4. The SMILES string of the molecule is COc1ccccc1-c1cc(Cc2ccc(Cl)c(CO)c2)ncn1. The van der Waals surface area contributed by atoms with Gasteiger partial charge in [0.15, 0.2) is 0 Å². The highest BCUT2D eigenvalue weighted by atomic mass is 35.5. The van der Waals surface area contributed by atoms with E-state index in [2.05, 4.69) is 9.97 Å². The summed E-state index contributed by atoms with van der Waals surface area (Å²) in [5.41, 5.74) is 4.38. The highest BCUT2D eigenvalue weighted by molar-refractivity contribution is 6.31. The number of methoxy groups -OCH3 is 1. The van der Waals surface area contributed by atoms with E-state index < -0.39 is 0 Å². The van der Waals surface area contributed by atoms with Crippen molar-refractivity contribution in [2.75, 3.05) is 7.11 Å². The van der Waals surface area contributed by atoms with Crippen LogP contribution in [0.15, 0.2) is 54.9 Å². The average Bonchev–Trinajstić information content (AvgIpc) is 2.63. The van der Waals surface area contributed by atoms with Crippen LogP contribution < -0.4 is 4.74 Å². The number of nitrogens with zero attached hydrogens (tertiary/aromatic N) is 2. The molecule has 0 unspecified atom stereocenters. The smallest absolute Gasteiger partial charge is 0.128 e. The van der Waals surface area contributed by atoms with E-state index in [9.17, 15) is 5.11 Å². The topological polar surface area (TPSA) is 55.2 Å². The molecule has 4 nitrogen and oxygen atoms in total. The maximum Gasteiger partial charge on any atom is 0.128 e. The molecular formula is C19H17ClN2O2. The molecule has 0 amide bonds. The molecule has 1 N–H and O–H groups in total. The van der Waals surface area contributed by atoms with Crippen LogP contribution in [0.5, 0.6) is 5.75 Å². The van der Waals surface area contributed by atoms with Crippen LogP contribution in [0.4, 0.5) is 0 Å². The Hall–Kier alpha value is -2.43. The van der Waals surface area contributed by atoms with Crippen molar-refractivity contribution in [3.63, 3.8) is 0 Å². The minimum absolute atomic E-state index is 0.0804. The summed E-state index contributed by atoms with van der Waals surface area (Å²) in [5, 5.41) is 9.90.